The Morgan fingerprint density at radius 3 is 2.92 bits per heavy atom. The SMILES string of the molecule is O=C(N/N=C/CCc1cccc(C(F)(F)F)c1)c1n[nH]c2c1CCCC2. The Morgan fingerprint density at radius 2 is 2.12 bits per heavy atom. The molecule has 0 unspecified atom stereocenters. The lowest BCUT2D eigenvalue weighted by Crippen LogP contribution is -2.20. The number of H-pyrrole nitrogens is 1. The molecule has 0 saturated heterocycles. The third kappa shape index (κ3) is 4.30. The van der Waals surface area contributed by atoms with Crippen LogP contribution < -0.4 is 5.43 Å². The number of nitrogens with one attached hydrogen (secondary N) is 2. The van der Waals surface area contributed by atoms with E-state index in [0.29, 0.717) is 24.1 Å². The number of nitrogens with zero attached hydrogens (tertiary/aromatic N) is 2. The number of carbonyl (C=O) groups is 1. The van der Waals surface area contributed by atoms with E-state index in [2.05, 4.69) is 20.7 Å². The van der Waals surface area contributed by atoms with Crippen LogP contribution in [0.2, 0.25) is 0 Å². The minimum atomic E-state index is -4.35. The summed E-state index contributed by atoms with van der Waals surface area (Å²) in [5.41, 5.74) is 4.66. The second kappa shape index (κ2) is 7.72. The largest absolute Gasteiger partial charge is 0.416 e. The number of aromatic amines is 1. The fourth-order valence-electron chi connectivity index (χ4n) is 3.02. The molecule has 0 spiro atoms. The highest BCUT2D eigenvalue weighted by Gasteiger charge is 2.30. The van der Waals surface area contributed by atoms with E-state index in [4.69, 9.17) is 0 Å². The van der Waals surface area contributed by atoms with Crippen molar-refractivity contribution in [3.63, 3.8) is 0 Å². The summed E-state index contributed by atoms with van der Waals surface area (Å²) in [6.07, 6.45) is 1.81. The van der Waals surface area contributed by atoms with Gasteiger partial charge in [0.15, 0.2) is 5.69 Å². The molecule has 1 aliphatic rings. The van der Waals surface area contributed by atoms with E-state index in [1.807, 2.05) is 0 Å². The molecule has 0 atom stereocenters. The zero-order chi connectivity index (χ0) is 18.6. The molecule has 1 amide bonds. The van der Waals surface area contributed by atoms with Gasteiger partial charge < -0.3 is 0 Å². The lowest BCUT2D eigenvalue weighted by molar-refractivity contribution is -0.137. The van der Waals surface area contributed by atoms with Crippen LogP contribution in [-0.2, 0) is 25.4 Å². The van der Waals surface area contributed by atoms with Crippen molar-refractivity contribution in [1.29, 1.82) is 0 Å². The van der Waals surface area contributed by atoms with Gasteiger partial charge in [-0.2, -0.15) is 23.4 Å². The van der Waals surface area contributed by atoms with Crippen molar-refractivity contribution >= 4 is 12.1 Å². The smallest absolute Gasteiger partial charge is 0.281 e. The number of hydrogen-bond acceptors (Lipinski definition) is 3. The molecule has 0 saturated carbocycles. The Bertz CT molecular complexity index is 811. The summed E-state index contributed by atoms with van der Waals surface area (Å²) in [7, 11) is 0. The number of fused-ring (bicyclic) bond motifs is 1. The fraction of sp³-hybridized carbons (Fsp3) is 0.389. The molecule has 5 nitrogen and oxygen atoms in total. The Kier molecular flexibility index (Phi) is 5.39. The van der Waals surface area contributed by atoms with E-state index in [-0.39, 0.29) is 5.91 Å². The lowest BCUT2D eigenvalue weighted by Gasteiger charge is -2.10. The predicted octanol–water partition coefficient (Wildman–Crippen LogP) is 3.66. The number of amides is 1. The third-order valence-corrected chi connectivity index (χ3v) is 4.35. The number of hydrazone groups is 1. The van der Waals surface area contributed by atoms with Gasteiger partial charge >= 0.3 is 6.18 Å². The van der Waals surface area contributed by atoms with Gasteiger partial charge in [-0.05, 0) is 50.2 Å². The molecular weight excluding hydrogens is 345 g/mol. The van der Waals surface area contributed by atoms with Crippen LogP contribution >= 0.6 is 0 Å². The zero-order valence-corrected chi connectivity index (χ0v) is 14.1. The maximum atomic E-state index is 12.7. The maximum Gasteiger partial charge on any atom is 0.416 e. The number of aromatic nitrogens is 2. The van der Waals surface area contributed by atoms with Crippen LogP contribution in [0.4, 0.5) is 13.2 Å². The highest BCUT2D eigenvalue weighted by molar-refractivity contribution is 5.94. The fourth-order valence-corrected chi connectivity index (χ4v) is 3.02. The van der Waals surface area contributed by atoms with Gasteiger partial charge in [0.25, 0.3) is 5.91 Å². The molecule has 1 heterocycles. The summed E-state index contributed by atoms with van der Waals surface area (Å²) >= 11 is 0. The van der Waals surface area contributed by atoms with E-state index in [1.165, 1.54) is 12.3 Å². The summed E-state index contributed by atoms with van der Waals surface area (Å²) in [4.78, 5) is 12.1. The number of rotatable bonds is 5. The molecule has 138 valence electrons. The summed E-state index contributed by atoms with van der Waals surface area (Å²) in [6, 6.07) is 5.19. The van der Waals surface area contributed by atoms with Gasteiger partial charge in [0, 0.05) is 17.5 Å². The molecule has 1 aromatic heterocycles. The number of benzene rings is 1. The Hall–Kier alpha value is -2.64. The van der Waals surface area contributed by atoms with E-state index in [1.54, 1.807) is 6.07 Å². The molecule has 1 aliphatic carbocycles. The highest BCUT2D eigenvalue weighted by Crippen LogP contribution is 2.29. The van der Waals surface area contributed by atoms with Crippen molar-refractivity contribution in [3.05, 3.63) is 52.3 Å². The van der Waals surface area contributed by atoms with Crippen LogP contribution in [0.15, 0.2) is 29.4 Å². The van der Waals surface area contributed by atoms with Gasteiger partial charge in [-0.3, -0.25) is 9.89 Å². The van der Waals surface area contributed by atoms with Crippen molar-refractivity contribution in [3.8, 4) is 0 Å². The molecule has 1 aromatic carbocycles. The van der Waals surface area contributed by atoms with Gasteiger partial charge in [-0.25, -0.2) is 5.43 Å². The average Bonchev–Trinajstić information content (AvgIpc) is 3.05. The Balaban J connectivity index is 1.51. The number of alkyl halides is 3. The van der Waals surface area contributed by atoms with Crippen molar-refractivity contribution in [1.82, 2.24) is 15.6 Å². The highest BCUT2D eigenvalue weighted by atomic mass is 19.4. The quantitative estimate of drug-likeness (QED) is 0.628. The summed E-state index contributed by atoms with van der Waals surface area (Å²) in [5.74, 6) is -0.375. The lowest BCUT2D eigenvalue weighted by atomic mass is 9.96. The van der Waals surface area contributed by atoms with E-state index < -0.39 is 11.7 Å². The molecule has 0 aliphatic heterocycles. The Labute approximate surface area is 148 Å². The molecular formula is C18H19F3N4O. The molecule has 0 fully saturated rings. The second-order valence-electron chi connectivity index (χ2n) is 6.23. The predicted molar refractivity (Wildman–Crippen MR) is 91.0 cm³/mol. The van der Waals surface area contributed by atoms with E-state index in [0.717, 1.165) is 49.1 Å². The van der Waals surface area contributed by atoms with Crippen LogP contribution in [-0.4, -0.2) is 22.3 Å². The van der Waals surface area contributed by atoms with Crippen LogP contribution in [0.3, 0.4) is 0 Å². The van der Waals surface area contributed by atoms with Crippen LogP contribution in [0, 0.1) is 0 Å². The maximum absolute atomic E-state index is 12.7. The molecule has 26 heavy (non-hydrogen) atoms. The number of aryl methyl sites for hydroxylation is 2. The van der Waals surface area contributed by atoms with Crippen LogP contribution in [0.5, 0.6) is 0 Å². The van der Waals surface area contributed by atoms with Crippen molar-refractivity contribution < 1.29 is 18.0 Å². The van der Waals surface area contributed by atoms with Crippen LogP contribution in [0.25, 0.3) is 0 Å². The first-order chi connectivity index (χ1) is 12.4. The van der Waals surface area contributed by atoms with Gasteiger partial charge in [-0.1, -0.05) is 18.2 Å². The topological polar surface area (TPSA) is 70.1 Å². The van der Waals surface area contributed by atoms with E-state index in [9.17, 15) is 18.0 Å². The Morgan fingerprint density at radius 1 is 1.31 bits per heavy atom. The third-order valence-electron chi connectivity index (χ3n) is 4.35. The van der Waals surface area contributed by atoms with Crippen LogP contribution in [0.1, 0.15) is 52.1 Å². The second-order valence-corrected chi connectivity index (χ2v) is 6.23. The van der Waals surface area contributed by atoms with E-state index >= 15 is 0 Å². The number of hydrogen-bond donors (Lipinski definition) is 2. The minimum absolute atomic E-state index is 0.370. The van der Waals surface area contributed by atoms with Gasteiger partial charge in [0.2, 0.25) is 0 Å². The molecule has 3 rings (SSSR count). The van der Waals surface area contributed by atoms with Crippen molar-refractivity contribution in [2.75, 3.05) is 0 Å². The van der Waals surface area contributed by atoms with Crippen molar-refractivity contribution in [2.24, 2.45) is 5.10 Å². The normalized spacial score (nSPS) is 14.4. The molecule has 2 aromatic rings. The zero-order valence-electron chi connectivity index (χ0n) is 14.1. The molecule has 8 heteroatoms. The standard InChI is InChI=1S/C18H19F3N4O/c19-18(20,21)13-7-3-5-12(11-13)6-4-10-22-25-17(26)16-14-8-1-2-9-15(14)23-24-16/h3,5,7,10-11H,1-2,4,6,8-9H2,(H,23,24)(H,25,26)/b22-10+. The minimum Gasteiger partial charge on any atom is -0.281 e. The van der Waals surface area contributed by atoms with Gasteiger partial charge in [0.1, 0.15) is 0 Å². The molecule has 0 radical (unpaired) electrons. The first-order valence-electron chi connectivity index (χ1n) is 8.49. The number of halogens is 3. The van der Waals surface area contributed by atoms with Gasteiger partial charge in [-0.15, -0.1) is 0 Å². The molecule has 2 N–H and O–H groups in total. The summed E-state index contributed by atoms with van der Waals surface area (Å²) < 4.78 is 38.0. The summed E-state index contributed by atoms with van der Waals surface area (Å²) in [6.45, 7) is 0. The van der Waals surface area contributed by atoms with Gasteiger partial charge in [0.05, 0.1) is 5.56 Å². The molecule has 0 bridgehead atoms. The monoisotopic (exact) mass is 364 g/mol. The summed E-state index contributed by atoms with van der Waals surface area (Å²) in [5, 5.41) is 10.8. The first kappa shape index (κ1) is 18.2. The van der Waals surface area contributed by atoms with Crippen molar-refractivity contribution in [2.45, 2.75) is 44.7 Å². The number of carbonyl (C=O) groups excluding carboxylic acids is 1. The first-order valence-corrected chi connectivity index (χ1v) is 8.49. The average molecular weight is 364 g/mol.